The molecule has 18 rings (SSSR count). The lowest BCUT2D eigenvalue weighted by atomic mass is 10.1. The molecule has 27 nitrogen and oxygen atoms in total. The molecule has 0 fully saturated rings. The standard InChI is InChI=1S/C17H16N6O.C17H12N6O.C13H13N3.C12H11N3O.C9H9N.C5H2ClN3.C4H5BrN2/c2*1-22-10-13(9-21-22)23-6-5-14-15(23)3-2-4-16(14)24-17-7-12(8-18)19-11-20-17;1-10-4-3-5-13-12(10)6-7-16(13)11-8-14-15(2)9-11;1-14-8-9(7-13-14)15-6-5-10-11(15)3-2-4-12(10)16;1-7-3-2-4-9-8(7)5-6-10-9;6-5-1-4(2-7)8-3-9-5;1-7-3-4(5)2-6-7/h2-7,9-11H,8,18H2,1H3;2-7,9-11H,1H3;3-9H,1-2H3;2-8,16H,1H3;2-6,10H,1H3;1,3H;2-3H,1H3. The first kappa shape index (κ1) is 72.0. The molecule has 0 aliphatic heterocycles. The quantitative estimate of drug-likeness (QED) is 0.113. The zero-order valence-electron chi connectivity index (χ0n) is 58.3. The Hall–Kier alpha value is -13.8. The molecule has 0 amide bonds. The molecule has 0 spiro atoms. The summed E-state index contributed by atoms with van der Waals surface area (Å²) in [5.41, 5.74) is 19.1. The normalized spacial score (nSPS) is 10.6. The Kier molecular flexibility index (Phi) is 22.6. The Labute approximate surface area is 620 Å². The minimum Gasteiger partial charge on any atom is -0.507 e. The average molecular weight is 1490 g/mol. The number of nitrogens with zero attached hydrogens (tertiary/aromatic N) is 22. The van der Waals surface area contributed by atoms with Gasteiger partial charge in [0.2, 0.25) is 11.8 Å². The second kappa shape index (κ2) is 33.3. The highest BCUT2D eigenvalue weighted by Gasteiger charge is 2.14. The lowest BCUT2D eigenvalue weighted by Crippen LogP contribution is -2.00. The van der Waals surface area contributed by atoms with E-state index in [4.69, 9.17) is 37.3 Å². The van der Waals surface area contributed by atoms with Crippen molar-refractivity contribution in [2.75, 3.05) is 0 Å². The van der Waals surface area contributed by atoms with Crippen LogP contribution in [0.25, 0.3) is 77.3 Å². The van der Waals surface area contributed by atoms with Crippen molar-refractivity contribution in [2.24, 2.45) is 41.0 Å². The van der Waals surface area contributed by atoms with Gasteiger partial charge in [0.05, 0.1) is 86.0 Å². The number of nitrogens with two attached hydrogens (primary N) is 1. The smallest absolute Gasteiger partial charge is 0.223 e. The van der Waals surface area contributed by atoms with Gasteiger partial charge in [0.15, 0.2) is 0 Å². The maximum atomic E-state index is 9.70. The third-order valence-corrected chi connectivity index (χ3v) is 16.9. The number of rotatable bonds is 9. The van der Waals surface area contributed by atoms with Crippen molar-refractivity contribution in [3.8, 4) is 63.9 Å². The number of halogens is 2. The van der Waals surface area contributed by atoms with Crippen molar-refractivity contribution in [1.29, 1.82) is 10.5 Å². The molecule has 0 radical (unpaired) electrons. The fourth-order valence-electron chi connectivity index (χ4n) is 11.2. The molecule has 29 heteroatoms. The van der Waals surface area contributed by atoms with Crippen LogP contribution in [0, 0.1) is 36.5 Å². The topological polar surface area (TPSA) is 314 Å². The summed E-state index contributed by atoms with van der Waals surface area (Å²) in [6.45, 7) is 4.60. The summed E-state index contributed by atoms with van der Waals surface area (Å²) < 4.78 is 29.9. The van der Waals surface area contributed by atoms with E-state index in [-0.39, 0.29) is 11.4 Å². The molecule has 13 heterocycles. The van der Waals surface area contributed by atoms with E-state index in [2.05, 4.69) is 154 Å². The number of nitrogens with one attached hydrogen (secondary N) is 1. The molecule has 0 saturated carbocycles. The van der Waals surface area contributed by atoms with Gasteiger partial charge in [-0.15, -0.1) is 0 Å². The van der Waals surface area contributed by atoms with E-state index in [9.17, 15) is 5.11 Å². The number of benzene rings is 5. The number of aromatic amines is 1. The summed E-state index contributed by atoms with van der Waals surface area (Å²) in [4.78, 5) is 26.5. The van der Waals surface area contributed by atoms with Crippen molar-refractivity contribution >= 4 is 82.0 Å². The fraction of sp³-hybridized carbons (Fsp3) is 0.104. The number of phenols is 1. The van der Waals surface area contributed by atoms with Gasteiger partial charge in [0.1, 0.15) is 64.9 Å². The highest BCUT2D eigenvalue weighted by atomic mass is 79.9. The van der Waals surface area contributed by atoms with Crippen LogP contribution in [-0.4, -0.2) is 107 Å². The van der Waals surface area contributed by atoms with E-state index in [0.717, 1.165) is 71.4 Å². The van der Waals surface area contributed by atoms with Crippen LogP contribution in [-0.2, 0) is 41.8 Å². The molecule has 0 unspecified atom stereocenters. The third kappa shape index (κ3) is 17.4. The Morgan fingerprint density at radius 1 is 0.462 bits per heavy atom. The lowest BCUT2D eigenvalue weighted by molar-refractivity contribution is 0.465. The van der Waals surface area contributed by atoms with E-state index < -0.39 is 0 Å². The number of phenolic OH excluding ortho intramolecular Hbond substituents is 1. The highest BCUT2D eigenvalue weighted by molar-refractivity contribution is 9.10. The summed E-state index contributed by atoms with van der Waals surface area (Å²) in [6, 6.07) is 48.4. The van der Waals surface area contributed by atoms with E-state index in [1.165, 1.54) is 64.0 Å². The van der Waals surface area contributed by atoms with Crippen LogP contribution in [0.1, 0.15) is 28.2 Å². The maximum absolute atomic E-state index is 9.70. The SMILES string of the molecule is Cc1cccc2[nH]ccc12.Cc1cccc2c1ccn2-c1cnn(C)c1.Cn1cc(-n2ccc3c(O)cccc32)cn1.Cn1cc(-n2ccc3c(Oc4cc(C#N)ncn4)cccc32)cn1.Cn1cc(-n2ccc3c(Oc4cc(CN)ncn4)cccc32)cn1.Cn1cc(Br)cn1.N#Cc1cc(Cl)ncn1. The van der Waals surface area contributed by atoms with Gasteiger partial charge in [-0.2, -0.15) is 36.0 Å². The van der Waals surface area contributed by atoms with Crippen LogP contribution >= 0.6 is 27.5 Å². The molecular weight excluding hydrogens is 1420 g/mol. The van der Waals surface area contributed by atoms with Crippen molar-refractivity contribution in [1.82, 2.24) is 102 Å². The molecule has 0 saturated heterocycles. The van der Waals surface area contributed by atoms with Crippen molar-refractivity contribution in [2.45, 2.75) is 20.4 Å². The predicted octanol–water partition coefficient (Wildman–Crippen LogP) is 14.6. The van der Waals surface area contributed by atoms with Crippen molar-refractivity contribution in [3.63, 3.8) is 0 Å². The van der Waals surface area contributed by atoms with Crippen LogP contribution in [0.3, 0.4) is 0 Å². The summed E-state index contributed by atoms with van der Waals surface area (Å²) in [6.07, 6.45) is 32.8. The van der Waals surface area contributed by atoms with Gasteiger partial charge >= 0.3 is 0 Å². The minimum atomic E-state index is 0.264. The van der Waals surface area contributed by atoms with Crippen LogP contribution in [0.4, 0.5) is 0 Å². The monoisotopic (exact) mass is 1490 g/mol. The molecule has 18 aromatic rings. The molecule has 106 heavy (non-hydrogen) atoms. The van der Waals surface area contributed by atoms with Crippen LogP contribution in [0.5, 0.6) is 29.0 Å². The van der Waals surface area contributed by atoms with Gasteiger partial charge in [-0.1, -0.05) is 54.1 Å². The Morgan fingerprint density at radius 3 is 1.32 bits per heavy atom. The Balaban J connectivity index is 0.000000120. The number of aromatic hydroxyl groups is 1. The van der Waals surface area contributed by atoms with Gasteiger partial charge in [0, 0.05) is 154 Å². The summed E-state index contributed by atoms with van der Waals surface area (Å²) in [5.74, 6) is 2.52. The Bertz CT molecular complexity index is 5960. The average Bonchev–Trinajstić information content (AvgIpc) is 1.69. The van der Waals surface area contributed by atoms with Gasteiger partial charge in [-0.3, -0.25) is 23.4 Å². The van der Waals surface area contributed by atoms with Gasteiger partial charge in [-0.05, 0) is 120 Å². The summed E-state index contributed by atoms with van der Waals surface area (Å²) in [5, 5.41) is 53.2. The van der Waals surface area contributed by atoms with Crippen molar-refractivity contribution in [3.05, 3.63) is 289 Å². The third-order valence-electron chi connectivity index (χ3n) is 16.3. The van der Waals surface area contributed by atoms with E-state index >= 15 is 0 Å². The zero-order valence-corrected chi connectivity index (χ0v) is 60.7. The molecule has 528 valence electrons. The number of fused-ring (bicyclic) bond motifs is 5. The van der Waals surface area contributed by atoms with Crippen LogP contribution < -0.4 is 15.2 Å². The molecule has 0 aliphatic rings. The number of hydrogen-bond acceptors (Lipinski definition) is 17. The molecule has 4 N–H and O–H groups in total. The summed E-state index contributed by atoms with van der Waals surface area (Å²) >= 11 is 8.67. The lowest BCUT2D eigenvalue weighted by Gasteiger charge is -2.08. The number of nitriles is 2. The molecule has 0 bridgehead atoms. The minimum absolute atomic E-state index is 0.264. The maximum Gasteiger partial charge on any atom is 0.223 e. The first-order chi connectivity index (χ1) is 51.5. The predicted molar refractivity (Wildman–Crippen MR) is 409 cm³/mol. The second-order valence-corrected chi connectivity index (χ2v) is 24.9. The van der Waals surface area contributed by atoms with Crippen LogP contribution in [0.2, 0.25) is 5.15 Å². The highest BCUT2D eigenvalue weighted by Crippen LogP contribution is 2.34. The second-order valence-electron chi connectivity index (χ2n) is 23.6. The Morgan fingerprint density at radius 2 is 0.877 bits per heavy atom. The van der Waals surface area contributed by atoms with E-state index in [1.807, 2.05) is 196 Å². The van der Waals surface area contributed by atoms with E-state index in [0.29, 0.717) is 35.0 Å². The molecule has 5 aromatic carbocycles. The van der Waals surface area contributed by atoms with Gasteiger partial charge in [-0.25, -0.2) is 29.9 Å². The molecule has 13 aromatic heterocycles. The van der Waals surface area contributed by atoms with Gasteiger partial charge in [0.25, 0.3) is 0 Å². The van der Waals surface area contributed by atoms with Crippen LogP contribution in [0.15, 0.2) is 256 Å². The fourth-order valence-corrected chi connectivity index (χ4v) is 11.8. The number of hydrogen-bond donors (Lipinski definition) is 3. The zero-order chi connectivity index (χ0) is 74.2. The molecular formula is C77H68BrClN24O3. The first-order valence-corrected chi connectivity index (χ1v) is 33.8. The number of aromatic nitrogens is 21. The number of ether oxygens (including phenoxy) is 2. The molecule has 0 aliphatic carbocycles. The van der Waals surface area contributed by atoms with E-state index in [1.54, 1.807) is 49.5 Å². The van der Waals surface area contributed by atoms with Gasteiger partial charge < -0.3 is 43.6 Å². The molecule has 0 atom stereocenters. The van der Waals surface area contributed by atoms with Crippen molar-refractivity contribution < 1.29 is 14.6 Å². The first-order valence-electron chi connectivity index (χ1n) is 32.6. The summed E-state index contributed by atoms with van der Waals surface area (Å²) in [7, 11) is 9.47. The number of aryl methyl sites for hydroxylation is 7. The largest absolute Gasteiger partial charge is 0.507 e. The number of H-pyrrole nitrogens is 1.